The number of piperidine rings is 1. The molecule has 1 aromatic carbocycles. The number of carbonyl (C=O) groups excluding carboxylic acids is 2. The van der Waals surface area contributed by atoms with Crippen LogP contribution in [0.4, 0.5) is 9.18 Å². The molecule has 28 heavy (non-hydrogen) atoms. The van der Waals surface area contributed by atoms with Gasteiger partial charge in [0, 0.05) is 19.6 Å². The topological polar surface area (TPSA) is 96.0 Å². The first-order chi connectivity index (χ1) is 13.3. The van der Waals surface area contributed by atoms with E-state index in [2.05, 4.69) is 5.32 Å². The number of nitrogens with zero attached hydrogens (tertiary/aromatic N) is 2. The standard InChI is InChI=1S/C18H24FN3O5S/c1-27-17(23)13-8-11-21(12-9-13)18(24)20-16-7-4-10-22(16)28(25,26)15-6-3-2-5-14(15)19/h2-3,5-6,13,16H,4,7-12H2,1H3,(H,20,24)/t16-/m0/s1. The van der Waals surface area contributed by atoms with Crippen LogP contribution in [0, 0.1) is 11.7 Å². The van der Waals surface area contributed by atoms with Gasteiger partial charge in [-0.25, -0.2) is 17.6 Å². The average molecular weight is 413 g/mol. The lowest BCUT2D eigenvalue weighted by molar-refractivity contribution is -0.146. The summed E-state index contributed by atoms with van der Waals surface area (Å²) in [5, 5.41) is 2.75. The molecule has 0 unspecified atom stereocenters. The van der Waals surface area contributed by atoms with Gasteiger partial charge >= 0.3 is 12.0 Å². The van der Waals surface area contributed by atoms with Crippen molar-refractivity contribution in [2.24, 2.45) is 5.92 Å². The minimum atomic E-state index is -4.05. The van der Waals surface area contributed by atoms with E-state index in [1.54, 1.807) is 4.90 Å². The van der Waals surface area contributed by atoms with Gasteiger partial charge in [-0.05, 0) is 37.8 Å². The molecular weight excluding hydrogens is 389 g/mol. The van der Waals surface area contributed by atoms with Gasteiger partial charge in [-0.2, -0.15) is 4.31 Å². The maximum absolute atomic E-state index is 14.0. The first-order valence-electron chi connectivity index (χ1n) is 9.24. The van der Waals surface area contributed by atoms with Crippen molar-refractivity contribution in [2.45, 2.75) is 36.7 Å². The summed E-state index contributed by atoms with van der Waals surface area (Å²) in [6.45, 7) is 0.989. The molecule has 2 heterocycles. The van der Waals surface area contributed by atoms with Gasteiger partial charge in [-0.15, -0.1) is 0 Å². The number of sulfonamides is 1. The Hall–Kier alpha value is -2.20. The van der Waals surface area contributed by atoms with Crippen molar-refractivity contribution < 1.29 is 27.1 Å². The van der Waals surface area contributed by atoms with Crippen molar-refractivity contribution >= 4 is 22.0 Å². The molecule has 0 spiro atoms. The molecule has 0 saturated carbocycles. The molecule has 0 bridgehead atoms. The van der Waals surface area contributed by atoms with Crippen LogP contribution in [0.15, 0.2) is 29.2 Å². The summed E-state index contributed by atoms with van der Waals surface area (Å²) in [5.41, 5.74) is 0. The first-order valence-corrected chi connectivity index (χ1v) is 10.7. The Labute approximate surface area is 163 Å². The highest BCUT2D eigenvalue weighted by atomic mass is 32.2. The second kappa shape index (κ2) is 8.44. The number of halogens is 1. The minimum absolute atomic E-state index is 0.214. The van der Waals surface area contributed by atoms with Gasteiger partial charge in [-0.1, -0.05) is 12.1 Å². The Morgan fingerprint density at radius 3 is 2.46 bits per heavy atom. The van der Waals surface area contributed by atoms with Crippen molar-refractivity contribution in [3.8, 4) is 0 Å². The average Bonchev–Trinajstić information content (AvgIpc) is 3.16. The zero-order valence-corrected chi connectivity index (χ0v) is 16.5. The molecule has 1 N–H and O–H groups in total. The van der Waals surface area contributed by atoms with E-state index >= 15 is 0 Å². The van der Waals surface area contributed by atoms with Gasteiger partial charge in [0.1, 0.15) is 10.7 Å². The summed E-state index contributed by atoms with van der Waals surface area (Å²) in [6, 6.07) is 4.83. The second-order valence-corrected chi connectivity index (χ2v) is 8.80. The molecular formula is C18H24FN3O5S. The molecule has 2 fully saturated rings. The van der Waals surface area contributed by atoms with E-state index in [4.69, 9.17) is 4.74 Å². The number of esters is 1. The normalized spacial score (nSPS) is 21.5. The van der Waals surface area contributed by atoms with Gasteiger partial charge in [0.05, 0.1) is 19.2 Å². The molecule has 2 aliphatic heterocycles. The molecule has 3 rings (SSSR count). The van der Waals surface area contributed by atoms with Crippen LogP contribution < -0.4 is 5.32 Å². The lowest BCUT2D eigenvalue weighted by Crippen LogP contribution is -2.53. The summed E-state index contributed by atoms with van der Waals surface area (Å²) < 4.78 is 45.6. The highest BCUT2D eigenvalue weighted by Gasteiger charge is 2.38. The number of benzene rings is 1. The van der Waals surface area contributed by atoms with Crippen LogP contribution in [0.1, 0.15) is 25.7 Å². The van der Waals surface area contributed by atoms with Gasteiger partial charge in [0.25, 0.3) is 0 Å². The number of hydrogen-bond acceptors (Lipinski definition) is 5. The Balaban J connectivity index is 1.65. The predicted molar refractivity (Wildman–Crippen MR) is 98.2 cm³/mol. The molecule has 2 aliphatic rings. The number of carbonyl (C=O) groups is 2. The zero-order valence-electron chi connectivity index (χ0n) is 15.6. The maximum atomic E-state index is 14.0. The fourth-order valence-corrected chi connectivity index (χ4v) is 5.35. The van der Waals surface area contributed by atoms with Crippen LogP contribution >= 0.6 is 0 Å². The number of likely N-dealkylation sites (tertiary alicyclic amines) is 1. The Morgan fingerprint density at radius 2 is 1.82 bits per heavy atom. The summed E-state index contributed by atoms with van der Waals surface area (Å²) >= 11 is 0. The zero-order chi connectivity index (χ0) is 20.3. The lowest BCUT2D eigenvalue weighted by Gasteiger charge is -2.33. The van der Waals surface area contributed by atoms with Gasteiger partial charge < -0.3 is 15.0 Å². The van der Waals surface area contributed by atoms with Crippen molar-refractivity contribution in [3.63, 3.8) is 0 Å². The highest BCUT2D eigenvalue weighted by Crippen LogP contribution is 2.27. The van der Waals surface area contributed by atoms with Crippen LogP contribution in [-0.4, -0.2) is 62.5 Å². The highest BCUT2D eigenvalue weighted by molar-refractivity contribution is 7.89. The third-order valence-corrected chi connectivity index (χ3v) is 7.18. The van der Waals surface area contributed by atoms with Crippen LogP contribution in [-0.2, 0) is 19.6 Å². The minimum Gasteiger partial charge on any atom is -0.469 e. The molecule has 10 heteroatoms. The molecule has 2 saturated heterocycles. The van der Waals surface area contributed by atoms with Gasteiger partial charge in [0.2, 0.25) is 10.0 Å². The van der Waals surface area contributed by atoms with Crippen molar-refractivity contribution in [2.75, 3.05) is 26.7 Å². The van der Waals surface area contributed by atoms with Crippen LogP contribution in [0.5, 0.6) is 0 Å². The maximum Gasteiger partial charge on any atom is 0.318 e. The molecule has 0 radical (unpaired) electrons. The van der Waals surface area contributed by atoms with Crippen molar-refractivity contribution in [3.05, 3.63) is 30.1 Å². The van der Waals surface area contributed by atoms with Crippen LogP contribution in [0.25, 0.3) is 0 Å². The van der Waals surface area contributed by atoms with E-state index in [1.165, 1.54) is 25.3 Å². The largest absolute Gasteiger partial charge is 0.469 e. The predicted octanol–water partition coefficient (Wildman–Crippen LogP) is 1.53. The van der Waals surface area contributed by atoms with Gasteiger partial charge in [-0.3, -0.25) is 4.79 Å². The smallest absolute Gasteiger partial charge is 0.318 e. The lowest BCUT2D eigenvalue weighted by atomic mass is 9.97. The molecule has 1 atom stereocenters. The number of ether oxygens (including phenoxy) is 1. The summed E-state index contributed by atoms with van der Waals surface area (Å²) in [6.07, 6.45) is 1.31. The van der Waals surface area contributed by atoms with E-state index in [1.807, 2.05) is 0 Å². The first kappa shape index (κ1) is 20.5. The number of nitrogens with one attached hydrogen (secondary N) is 1. The summed E-state index contributed by atoms with van der Waals surface area (Å²) in [7, 11) is -2.71. The van der Waals surface area contributed by atoms with Gasteiger partial charge in [0.15, 0.2) is 0 Å². The molecule has 8 nitrogen and oxygen atoms in total. The third kappa shape index (κ3) is 4.12. The Bertz CT molecular complexity index is 839. The van der Waals surface area contributed by atoms with E-state index in [0.717, 1.165) is 10.4 Å². The third-order valence-electron chi connectivity index (χ3n) is 5.23. The summed E-state index contributed by atoms with van der Waals surface area (Å²) in [5.74, 6) is -1.32. The molecule has 1 aromatic rings. The van der Waals surface area contributed by atoms with E-state index in [9.17, 15) is 22.4 Å². The molecule has 0 aliphatic carbocycles. The fourth-order valence-electron chi connectivity index (χ4n) is 3.67. The number of urea groups is 1. The molecule has 0 aromatic heterocycles. The fraction of sp³-hybridized carbons (Fsp3) is 0.556. The number of hydrogen-bond donors (Lipinski definition) is 1. The molecule has 2 amide bonds. The van der Waals surface area contributed by atoms with Crippen LogP contribution in [0.2, 0.25) is 0 Å². The molecule has 154 valence electrons. The number of amides is 2. The number of methoxy groups -OCH3 is 1. The Morgan fingerprint density at radius 1 is 1.14 bits per heavy atom. The summed E-state index contributed by atoms with van der Waals surface area (Å²) in [4.78, 5) is 25.3. The van der Waals surface area contributed by atoms with Crippen molar-refractivity contribution in [1.29, 1.82) is 0 Å². The quantitative estimate of drug-likeness (QED) is 0.756. The van der Waals surface area contributed by atoms with E-state index < -0.39 is 26.9 Å². The SMILES string of the molecule is COC(=O)C1CCN(C(=O)N[C@@H]2CCCN2S(=O)(=O)c2ccccc2F)CC1. The second-order valence-electron chi connectivity index (χ2n) is 6.94. The van der Waals surface area contributed by atoms with E-state index in [-0.39, 0.29) is 24.5 Å². The van der Waals surface area contributed by atoms with Crippen molar-refractivity contribution in [1.82, 2.24) is 14.5 Å². The number of rotatable bonds is 4. The van der Waals surface area contributed by atoms with Crippen LogP contribution in [0.3, 0.4) is 0 Å². The Kier molecular flexibility index (Phi) is 6.19. The van der Waals surface area contributed by atoms with E-state index in [0.29, 0.717) is 38.8 Å². The monoisotopic (exact) mass is 413 g/mol.